The molecule has 0 aromatic rings. The number of rotatable bonds is 4. The molecular formula is C10H19NO3. The van der Waals surface area contributed by atoms with Gasteiger partial charge in [0.05, 0.1) is 11.5 Å². The summed E-state index contributed by atoms with van der Waals surface area (Å²) in [5, 5.41) is 18.3. The molecule has 2 N–H and O–H groups in total. The molecule has 1 fully saturated rings. The van der Waals surface area contributed by atoms with Gasteiger partial charge < -0.3 is 15.1 Å². The number of carboxylic acid groups (broad SMARTS) is 1. The third-order valence-corrected chi connectivity index (χ3v) is 2.66. The highest BCUT2D eigenvalue weighted by Gasteiger charge is 2.28. The van der Waals surface area contributed by atoms with Crippen LogP contribution in [0.1, 0.15) is 26.7 Å². The van der Waals surface area contributed by atoms with Crippen molar-refractivity contribution in [2.75, 3.05) is 19.6 Å². The van der Waals surface area contributed by atoms with Gasteiger partial charge in [0.15, 0.2) is 0 Å². The van der Waals surface area contributed by atoms with Gasteiger partial charge >= 0.3 is 5.97 Å². The summed E-state index contributed by atoms with van der Waals surface area (Å²) >= 11 is 0. The Balaban J connectivity index is 2.26. The molecule has 0 aliphatic carbocycles. The molecule has 1 aliphatic heterocycles. The lowest BCUT2D eigenvalue weighted by molar-refractivity contribution is -0.141. The molecule has 0 saturated carbocycles. The number of carbonyl (C=O) groups is 1. The Morgan fingerprint density at radius 1 is 1.57 bits per heavy atom. The molecule has 4 nitrogen and oxygen atoms in total. The molecule has 14 heavy (non-hydrogen) atoms. The van der Waals surface area contributed by atoms with E-state index in [1.165, 1.54) is 0 Å². The molecule has 0 bridgehead atoms. The molecule has 1 unspecified atom stereocenters. The van der Waals surface area contributed by atoms with E-state index in [0.29, 0.717) is 13.0 Å². The molecule has 0 spiro atoms. The molecule has 1 atom stereocenters. The van der Waals surface area contributed by atoms with E-state index in [9.17, 15) is 9.90 Å². The van der Waals surface area contributed by atoms with E-state index < -0.39 is 11.6 Å². The highest BCUT2D eigenvalue weighted by Crippen LogP contribution is 2.18. The molecule has 0 aromatic carbocycles. The van der Waals surface area contributed by atoms with Crippen LogP contribution in [0.15, 0.2) is 0 Å². The van der Waals surface area contributed by atoms with Gasteiger partial charge in [-0.15, -0.1) is 0 Å². The summed E-state index contributed by atoms with van der Waals surface area (Å²) in [5.74, 6) is -0.910. The average Bonchev–Trinajstić information content (AvgIpc) is 2.47. The van der Waals surface area contributed by atoms with Crippen molar-refractivity contribution in [1.82, 2.24) is 4.90 Å². The van der Waals surface area contributed by atoms with Crippen LogP contribution in [0, 0.1) is 5.92 Å². The first kappa shape index (κ1) is 11.5. The van der Waals surface area contributed by atoms with Crippen LogP contribution >= 0.6 is 0 Å². The zero-order chi connectivity index (χ0) is 10.8. The molecule has 1 aliphatic rings. The summed E-state index contributed by atoms with van der Waals surface area (Å²) in [6.45, 7) is 5.81. The number of likely N-dealkylation sites (tertiary alicyclic amines) is 1. The fraction of sp³-hybridized carbons (Fsp3) is 0.900. The molecule has 0 amide bonds. The Morgan fingerprint density at radius 3 is 2.64 bits per heavy atom. The van der Waals surface area contributed by atoms with Crippen molar-refractivity contribution < 1.29 is 15.0 Å². The monoisotopic (exact) mass is 201 g/mol. The fourth-order valence-corrected chi connectivity index (χ4v) is 1.67. The Labute approximate surface area is 84.5 Å². The van der Waals surface area contributed by atoms with Crippen molar-refractivity contribution in [2.45, 2.75) is 32.3 Å². The SMILES string of the molecule is CC(C)(O)CCN1CCC(C(=O)O)C1. The van der Waals surface area contributed by atoms with Crippen molar-refractivity contribution in [1.29, 1.82) is 0 Å². The van der Waals surface area contributed by atoms with Crippen LogP contribution in [0.5, 0.6) is 0 Å². The third-order valence-electron chi connectivity index (χ3n) is 2.66. The predicted molar refractivity (Wildman–Crippen MR) is 53.1 cm³/mol. The Morgan fingerprint density at radius 2 is 2.21 bits per heavy atom. The van der Waals surface area contributed by atoms with Gasteiger partial charge in [0.2, 0.25) is 0 Å². The zero-order valence-electron chi connectivity index (χ0n) is 8.86. The molecule has 1 rings (SSSR count). The molecule has 0 radical (unpaired) electrons. The normalized spacial score (nSPS) is 24.1. The van der Waals surface area contributed by atoms with Crippen LogP contribution in [0.25, 0.3) is 0 Å². The minimum atomic E-state index is -0.698. The van der Waals surface area contributed by atoms with Crippen LogP contribution in [-0.4, -0.2) is 46.3 Å². The number of hydrogen-bond donors (Lipinski definition) is 2. The number of carboxylic acids is 1. The minimum absolute atomic E-state index is 0.211. The maximum Gasteiger partial charge on any atom is 0.307 e. The van der Waals surface area contributed by atoms with Gasteiger partial charge in [0, 0.05) is 13.1 Å². The van der Waals surface area contributed by atoms with Gasteiger partial charge in [-0.05, 0) is 33.2 Å². The first-order chi connectivity index (χ1) is 6.38. The Bertz CT molecular complexity index is 210. The molecular weight excluding hydrogens is 182 g/mol. The average molecular weight is 201 g/mol. The minimum Gasteiger partial charge on any atom is -0.481 e. The summed E-state index contributed by atoms with van der Waals surface area (Å²) in [7, 11) is 0. The van der Waals surface area contributed by atoms with E-state index in [0.717, 1.165) is 19.5 Å². The molecule has 1 heterocycles. The maximum atomic E-state index is 10.7. The number of nitrogens with zero attached hydrogens (tertiary/aromatic N) is 1. The lowest BCUT2D eigenvalue weighted by Gasteiger charge is -2.21. The first-order valence-corrected chi connectivity index (χ1v) is 5.06. The van der Waals surface area contributed by atoms with Crippen LogP contribution < -0.4 is 0 Å². The summed E-state index contributed by atoms with van der Waals surface area (Å²) < 4.78 is 0. The van der Waals surface area contributed by atoms with Crippen LogP contribution in [-0.2, 0) is 4.79 Å². The van der Waals surface area contributed by atoms with Crippen molar-refractivity contribution >= 4 is 5.97 Å². The molecule has 82 valence electrons. The predicted octanol–water partition coefficient (Wildman–Crippen LogP) is 0.554. The highest BCUT2D eigenvalue weighted by molar-refractivity contribution is 5.70. The molecule has 1 saturated heterocycles. The van der Waals surface area contributed by atoms with Crippen LogP contribution in [0.3, 0.4) is 0 Å². The van der Waals surface area contributed by atoms with E-state index in [1.807, 2.05) is 0 Å². The van der Waals surface area contributed by atoms with Gasteiger partial charge in [0.25, 0.3) is 0 Å². The van der Waals surface area contributed by atoms with E-state index >= 15 is 0 Å². The molecule has 0 aromatic heterocycles. The van der Waals surface area contributed by atoms with Crippen molar-refractivity contribution in [3.05, 3.63) is 0 Å². The van der Waals surface area contributed by atoms with E-state index in [4.69, 9.17) is 5.11 Å². The summed E-state index contributed by atoms with van der Waals surface area (Å²) in [6.07, 6.45) is 1.43. The highest BCUT2D eigenvalue weighted by atomic mass is 16.4. The van der Waals surface area contributed by atoms with Gasteiger partial charge in [-0.1, -0.05) is 0 Å². The van der Waals surface area contributed by atoms with Crippen LogP contribution in [0.2, 0.25) is 0 Å². The zero-order valence-corrected chi connectivity index (χ0v) is 8.86. The number of aliphatic carboxylic acids is 1. The van der Waals surface area contributed by atoms with Gasteiger partial charge in [0.1, 0.15) is 0 Å². The molecule has 4 heteroatoms. The lowest BCUT2D eigenvalue weighted by Crippen LogP contribution is -2.30. The quantitative estimate of drug-likeness (QED) is 0.697. The van der Waals surface area contributed by atoms with E-state index in [2.05, 4.69) is 4.90 Å². The Hall–Kier alpha value is -0.610. The second kappa shape index (κ2) is 4.28. The van der Waals surface area contributed by atoms with Gasteiger partial charge in [-0.3, -0.25) is 4.79 Å². The third kappa shape index (κ3) is 3.64. The number of hydrogen-bond acceptors (Lipinski definition) is 3. The van der Waals surface area contributed by atoms with Gasteiger partial charge in [-0.25, -0.2) is 0 Å². The first-order valence-electron chi connectivity index (χ1n) is 5.06. The van der Waals surface area contributed by atoms with E-state index in [-0.39, 0.29) is 5.92 Å². The standard InChI is InChI=1S/C10H19NO3/c1-10(2,14)4-6-11-5-3-8(7-11)9(12)13/h8,14H,3-7H2,1-2H3,(H,12,13). The van der Waals surface area contributed by atoms with Crippen LogP contribution in [0.4, 0.5) is 0 Å². The summed E-state index contributed by atoms with van der Waals surface area (Å²) in [4.78, 5) is 12.8. The van der Waals surface area contributed by atoms with Gasteiger partial charge in [-0.2, -0.15) is 0 Å². The van der Waals surface area contributed by atoms with Crippen molar-refractivity contribution in [2.24, 2.45) is 5.92 Å². The largest absolute Gasteiger partial charge is 0.481 e. The second-order valence-electron chi connectivity index (χ2n) is 4.69. The maximum absolute atomic E-state index is 10.7. The smallest absolute Gasteiger partial charge is 0.307 e. The summed E-state index contributed by atoms with van der Waals surface area (Å²) in [5.41, 5.74) is -0.651. The lowest BCUT2D eigenvalue weighted by atomic mass is 10.1. The van der Waals surface area contributed by atoms with E-state index in [1.54, 1.807) is 13.8 Å². The topological polar surface area (TPSA) is 60.8 Å². The fourth-order valence-electron chi connectivity index (χ4n) is 1.67. The van der Waals surface area contributed by atoms with Crippen molar-refractivity contribution in [3.8, 4) is 0 Å². The summed E-state index contributed by atoms with van der Waals surface area (Å²) in [6, 6.07) is 0. The Kier molecular flexibility index (Phi) is 3.50. The second-order valence-corrected chi connectivity index (χ2v) is 4.69. The number of aliphatic hydroxyl groups is 1. The van der Waals surface area contributed by atoms with Crippen molar-refractivity contribution in [3.63, 3.8) is 0 Å².